The predicted molar refractivity (Wildman–Crippen MR) is 95.7 cm³/mol. The van der Waals surface area contributed by atoms with E-state index in [1.807, 2.05) is 0 Å². The summed E-state index contributed by atoms with van der Waals surface area (Å²) in [5, 5.41) is 5.03. The molecule has 4 rings (SSSR count). The van der Waals surface area contributed by atoms with E-state index < -0.39 is 33.6 Å². The van der Waals surface area contributed by atoms with Gasteiger partial charge in [-0.15, -0.1) is 0 Å². The van der Waals surface area contributed by atoms with E-state index in [1.54, 1.807) is 6.07 Å². The van der Waals surface area contributed by atoms with Gasteiger partial charge in [-0.3, -0.25) is 0 Å². The van der Waals surface area contributed by atoms with E-state index >= 15 is 0 Å². The highest BCUT2D eigenvalue weighted by Gasteiger charge is 2.70. The van der Waals surface area contributed by atoms with Gasteiger partial charge in [0.1, 0.15) is 11.6 Å². The summed E-state index contributed by atoms with van der Waals surface area (Å²) in [4.78, 5) is 8.03. The van der Waals surface area contributed by atoms with Crippen LogP contribution in [0, 0.1) is 5.82 Å². The quantitative estimate of drug-likeness (QED) is 0.720. The summed E-state index contributed by atoms with van der Waals surface area (Å²) in [5.74, 6) is -6.01. The fraction of sp³-hybridized carbons (Fsp3) is 0.158. The van der Waals surface area contributed by atoms with Crippen LogP contribution >= 0.6 is 0 Å². The summed E-state index contributed by atoms with van der Waals surface area (Å²) < 4.78 is 65.0. The van der Waals surface area contributed by atoms with E-state index in [0.717, 1.165) is 0 Å². The van der Waals surface area contributed by atoms with Crippen LogP contribution in [0.1, 0.15) is 23.2 Å². The Kier molecular flexibility index (Phi) is 4.24. The van der Waals surface area contributed by atoms with Gasteiger partial charge < -0.3 is 0 Å². The number of benzene rings is 2. The van der Waals surface area contributed by atoms with Crippen molar-refractivity contribution in [2.45, 2.75) is 22.7 Å². The van der Waals surface area contributed by atoms with Crippen molar-refractivity contribution in [3.8, 4) is 11.3 Å². The summed E-state index contributed by atoms with van der Waals surface area (Å²) in [6, 6.07) is 12.2. The first-order chi connectivity index (χ1) is 13.2. The molecule has 0 aliphatic heterocycles. The van der Waals surface area contributed by atoms with Crippen LogP contribution in [0.4, 0.5) is 13.2 Å². The second kappa shape index (κ2) is 6.39. The van der Waals surface area contributed by atoms with E-state index in [1.165, 1.54) is 54.7 Å². The first kappa shape index (κ1) is 18.6. The maximum atomic E-state index is 14.5. The number of sulfonamides is 1. The number of rotatable bonds is 4. The molecular formula is C19H14F3N3O2S. The molecule has 1 aliphatic carbocycles. The monoisotopic (exact) mass is 405 g/mol. The van der Waals surface area contributed by atoms with Crippen LogP contribution in [0.25, 0.3) is 11.3 Å². The van der Waals surface area contributed by atoms with Gasteiger partial charge in [0.25, 0.3) is 5.92 Å². The van der Waals surface area contributed by atoms with Crippen LogP contribution in [-0.2, 0) is 10.0 Å². The summed E-state index contributed by atoms with van der Waals surface area (Å²) >= 11 is 0. The molecule has 1 saturated carbocycles. The number of primary sulfonamides is 1. The minimum absolute atomic E-state index is 0.0488. The van der Waals surface area contributed by atoms with E-state index in [2.05, 4.69) is 9.97 Å². The van der Waals surface area contributed by atoms with Crippen molar-refractivity contribution in [3.05, 3.63) is 78.0 Å². The van der Waals surface area contributed by atoms with Crippen LogP contribution in [0.2, 0.25) is 0 Å². The molecule has 1 heterocycles. The Bertz CT molecular complexity index is 1150. The molecule has 2 aromatic carbocycles. The minimum Gasteiger partial charge on any atom is -0.241 e. The lowest BCUT2D eigenvalue weighted by molar-refractivity contribution is 0.104. The zero-order valence-electron chi connectivity index (χ0n) is 14.3. The van der Waals surface area contributed by atoms with Crippen molar-refractivity contribution >= 4 is 10.0 Å². The number of halogens is 3. The third kappa shape index (κ3) is 3.27. The summed E-state index contributed by atoms with van der Waals surface area (Å²) in [6.07, 6.45) is 1.36. The molecule has 5 nitrogen and oxygen atoms in total. The second-order valence-corrected chi connectivity index (χ2v) is 8.12. The molecule has 28 heavy (non-hydrogen) atoms. The number of alkyl halides is 2. The molecule has 1 fully saturated rings. The highest BCUT2D eigenvalue weighted by atomic mass is 32.2. The highest BCUT2D eigenvalue weighted by Crippen LogP contribution is 2.66. The average Bonchev–Trinajstić information content (AvgIpc) is 3.23. The van der Waals surface area contributed by atoms with Gasteiger partial charge >= 0.3 is 0 Å². The van der Waals surface area contributed by atoms with Gasteiger partial charge in [0.05, 0.1) is 22.4 Å². The number of hydrogen-bond acceptors (Lipinski definition) is 4. The molecule has 0 saturated heterocycles. The van der Waals surface area contributed by atoms with Crippen molar-refractivity contribution in [2.75, 3.05) is 0 Å². The van der Waals surface area contributed by atoms with E-state index in [-0.39, 0.29) is 16.3 Å². The standard InChI is InChI=1S/C19H14F3N3O2S/c20-13-3-1-2-12(10-13)15-8-9-24-18(25-15)17-16(19(17,21)22)11-4-6-14(7-5-11)28(23,26)27/h1-10,16-17H,(H2,23,26,27)/t16-,17+/m0/s1. The normalized spacial score (nSPS) is 20.7. The Labute approximate surface area is 159 Å². The summed E-state index contributed by atoms with van der Waals surface area (Å²) in [5.41, 5.74) is 1.07. The van der Waals surface area contributed by atoms with Crippen molar-refractivity contribution in [1.29, 1.82) is 0 Å². The largest absolute Gasteiger partial charge is 0.266 e. The fourth-order valence-electron chi connectivity index (χ4n) is 3.26. The Morgan fingerprint density at radius 3 is 2.36 bits per heavy atom. The number of aromatic nitrogens is 2. The van der Waals surface area contributed by atoms with Crippen LogP contribution in [0.3, 0.4) is 0 Å². The molecule has 1 aromatic heterocycles. The predicted octanol–water partition coefficient (Wildman–Crippen LogP) is 3.45. The lowest BCUT2D eigenvalue weighted by Crippen LogP contribution is -2.11. The fourth-order valence-corrected chi connectivity index (χ4v) is 3.78. The Balaban J connectivity index is 1.66. The van der Waals surface area contributed by atoms with Gasteiger partial charge in [0.2, 0.25) is 10.0 Å². The van der Waals surface area contributed by atoms with E-state index in [0.29, 0.717) is 11.3 Å². The molecule has 0 spiro atoms. The smallest absolute Gasteiger partial charge is 0.241 e. The maximum absolute atomic E-state index is 14.5. The number of hydrogen-bond donors (Lipinski definition) is 1. The molecular weight excluding hydrogens is 391 g/mol. The summed E-state index contributed by atoms with van der Waals surface area (Å²) in [6.45, 7) is 0. The van der Waals surface area contributed by atoms with Crippen molar-refractivity contribution in [2.24, 2.45) is 5.14 Å². The van der Waals surface area contributed by atoms with Crippen molar-refractivity contribution in [1.82, 2.24) is 9.97 Å². The van der Waals surface area contributed by atoms with E-state index in [9.17, 15) is 21.6 Å². The van der Waals surface area contributed by atoms with Crippen LogP contribution < -0.4 is 5.14 Å². The minimum atomic E-state index is -3.90. The van der Waals surface area contributed by atoms with Gasteiger partial charge in [-0.25, -0.2) is 36.7 Å². The molecule has 3 aromatic rings. The first-order valence-electron chi connectivity index (χ1n) is 8.27. The van der Waals surface area contributed by atoms with Gasteiger partial charge in [-0.05, 0) is 35.9 Å². The van der Waals surface area contributed by atoms with Crippen LogP contribution in [0.5, 0.6) is 0 Å². The van der Waals surface area contributed by atoms with Crippen molar-refractivity contribution in [3.63, 3.8) is 0 Å². The lowest BCUT2D eigenvalue weighted by atomic mass is 10.1. The lowest BCUT2D eigenvalue weighted by Gasteiger charge is -2.04. The number of nitrogens with two attached hydrogens (primary N) is 1. The molecule has 9 heteroatoms. The van der Waals surface area contributed by atoms with Gasteiger partial charge in [0.15, 0.2) is 0 Å². The first-order valence-corrected chi connectivity index (χ1v) is 9.82. The molecule has 0 bridgehead atoms. The van der Waals surface area contributed by atoms with Crippen LogP contribution in [-0.4, -0.2) is 24.3 Å². The second-order valence-electron chi connectivity index (χ2n) is 6.55. The van der Waals surface area contributed by atoms with Crippen LogP contribution in [0.15, 0.2) is 65.7 Å². The van der Waals surface area contributed by atoms with Gasteiger partial charge in [-0.2, -0.15) is 0 Å². The van der Waals surface area contributed by atoms with E-state index in [4.69, 9.17) is 5.14 Å². The maximum Gasteiger partial charge on any atom is 0.266 e. The Hall–Kier alpha value is -2.78. The Morgan fingerprint density at radius 1 is 1.00 bits per heavy atom. The zero-order valence-corrected chi connectivity index (χ0v) is 15.1. The van der Waals surface area contributed by atoms with Crippen molar-refractivity contribution < 1.29 is 21.6 Å². The molecule has 144 valence electrons. The molecule has 0 amide bonds. The highest BCUT2D eigenvalue weighted by molar-refractivity contribution is 7.89. The molecule has 1 aliphatic rings. The SMILES string of the molecule is NS(=O)(=O)c1ccc([C@H]2[C@H](c3nccc(-c4cccc(F)c4)n3)C2(F)F)cc1. The molecule has 0 unspecified atom stereocenters. The third-order valence-electron chi connectivity index (χ3n) is 4.69. The van der Waals surface area contributed by atoms with Gasteiger partial charge in [0, 0.05) is 11.8 Å². The molecule has 2 N–H and O–H groups in total. The van der Waals surface area contributed by atoms with Gasteiger partial charge in [-0.1, -0.05) is 24.3 Å². The third-order valence-corrected chi connectivity index (χ3v) is 5.62. The average molecular weight is 405 g/mol. The summed E-state index contributed by atoms with van der Waals surface area (Å²) in [7, 11) is -3.90. The molecule has 0 radical (unpaired) electrons. The number of nitrogens with zero attached hydrogens (tertiary/aromatic N) is 2. The zero-order chi connectivity index (χ0) is 20.1. The Morgan fingerprint density at radius 2 is 1.71 bits per heavy atom. The molecule has 2 atom stereocenters. The topological polar surface area (TPSA) is 85.9 Å².